The first-order valence-electron chi connectivity index (χ1n) is 2.34. The molecule has 0 atom stereocenters. The van der Waals surface area contributed by atoms with Gasteiger partial charge in [0.05, 0.1) is 0 Å². The molecular weight excluding hydrogens is 370 g/mol. The Morgan fingerprint density at radius 3 is 0.381 bits per heavy atom. The molecule has 0 fully saturated rings. The van der Waals surface area contributed by atoms with Gasteiger partial charge in [0.2, 0.25) is 0 Å². The minimum atomic E-state index is 0. The van der Waals surface area contributed by atoms with Crippen LogP contribution in [-0.2, 0) is 71.4 Å². The molecule has 0 spiro atoms. The molecule has 0 aliphatic heterocycles. The van der Waals surface area contributed by atoms with Crippen molar-refractivity contribution in [2.75, 3.05) is 0 Å². The zero-order valence-corrected chi connectivity index (χ0v) is 12.3. The summed E-state index contributed by atoms with van der Waals surface area (Å²) in [7, 11) is 0. The van der Waals surface area contributed by atoms with E-state index >= 15 is 0 Å². The SMILES string of the molecule is C=C=C.[C-]#[O+].[C-]#[O+].[C-]#[O+].[C-]#[O+].[C-]#[O+].[C-]#[O+].[C-]#[O+].[C-]#[O+].[Mn].[Mn]. The first-order chi connectivity index (χ1) is 9.41. The van der Waals surface area contributed by atoms with Crippen molar-refractivity contribution >= 4 is 0 Å². The Balaban J connectivity index is -0.00000000591. The Kier molecular flexibility index (Phi) is 91600. The second kappa shape index (κ2) is 20800. The molecule has 0 bridgehead atoms. The van der Waals surface area contributed by atoms with Crippen LogP contribution in [0.1, 0.15) is 0 Å². The quantitative estimate of drug-likeness (QED) is 0.252. The van der Waals surface area contributed by atoms with Gasteiger partial charge in [-0.25, -0.2) is 0 Å². The van der Waals surface area contributed by atoms with Gasteiger partial charge in [-0.05, 0) is 0 Å². The van der Waals surface area contributed by atoms with Crippen molar-refractivity contribution in [1.29, 1.82) is 0 Å². The summed E-state index contributed by atoms with van der Waals surface area (Å²) in [6.45, 7) is 42.2. The van der Waals surface area contributed by atoms with Crippen molar-refractivity contribution in [2.45, 2.75) is 0 Å². The van der Waals surface area contributed by atoms with Crippen LogP contribution in [0.4, 0.5) is 0 Å². The second-order valence-corrected chi connectivity index (χ2v) is 0.250. The van der Waals surface area contributed by atoms with Gasteiger partial charge in [-0.3, -0.25) is 0 Å². The van der Waals surface area contributed by atoms with Crippen LogP contribution in [-0.4, -0.2) is 0 Å². The maximum absolute atomic E-state index is 7.50. The van der Waals surface area contributed by atoms with Crippen molar-refractivity contribution in [1.82, 2.24) is 0 Å². The molecule has 0 N–H and O–H groups in total. The van der Waals surface area contributed by atoms with Crippen LogP contribution in [0.25, 0.3) is 0 Å². The number of rotatable bonds is 0. The molecule has 0 aromatic heterocycles. The zero-order valence-electron chi connectivity index (χ0n) is 9.94. The van der Waals surface area contributed by atoms with E-state index in [0.717, 1.165) is 0 Å². The fraction of sp³-hybridized carbons (Fsp3) is 0. The smallest absolute Gasteiger partial charge is 0 e. The molecule has 0 aliphatic rings. The summed E-state index contributed by atoms with van der Waals surface area (Å²) in [4.78, 5) is 0. The summed E-state index contributed by atoms with van der Waals surface area (Å²) in [5.41, 5.74) is 2.25. The summed E-state index contributed by atoms with van der Waals surface area (Å²) in [6, 6.07) is 0. The van der Waals surface area contributed by atoms with Gasteiger partial charge in [-0.15, -0.1) is 5.73 Å². The molecule has 0 saturated carbocycles. The molecule has 0 unspecified atom stereocenters. The van der Waals surface area contributed by atoms with E-state index in [1.165, 1.54) is 0 Å². The van der Waals surface area contributed by atoms with Crippen molar-refractivity contribution in [2.24, 2.45) is 0 Å². The van der Waals surface area contributed by atoms with E-state index in [4.69, 9.17) is 37.2 Å². The van der Waals surface area contributed by atoms with Gasteiger partial charge < -0.3 is 0 Å². The van der Waals surface area contributed by atoms with E-state index in [1.807, 2.05) is 0 Å². The molecule has 21 heavy (non-hydrogen) atoms. The van der Waals surface area contributed by atoms with Crippen LogP contribution in [0.2, 0.25) is 0 Å². The van der Waals surface area contributed by atoms with E-state index < -0.39 is 0 Å². The summed E-state index contributed by atoms with van der Waals surface area (Å²) < 4.78 is 60.0. The third-order valence-electron chi connectivity index (χ3n) is 0. The summed E-state index contributed by atoms with van der Waals surface area (Å²) in [6.07, 6.45) is 0. The average Bonchev–Trinajstić information content (AvgIpc) is 2.62. The van der Waals surface area contributed by atoms with Crippen LogP contribution in [0.15, 0.2) is 18.9 Å². The Labute approximate surface area is 143 Å². The Morgan fingerprint density at radius 2 is 0.381 bits per heavy atom. The number of hydrogen-bond acceptors (Lipinski definition) is 0. The van der Waals surface area contributed by atoms with E-state index in [2.05, 4.69) is 72.1 Å². The van der Waals surface area contributed by atoms with Crippen molar-refractivity contribution < 1.29 is 71.4 Å². The molecule has 0 aliphatic carbocycles. The first kappa shape index (κ1) is 92.5. The van der Waals surface area contributed by atoms with Crippen molar-refractivity contribution in [3.63, 3.8) is 0 Å². The predicted molar refractivity (Wildman–Crippen MR) is 46.2 cm³/mol. The molecule has 2 radical (unpaired) electrons. The Morgan fingerprint density at radius 1 is 0.381 bits per heavy atom. The predicted octanol–water partition coefficient (Wildman–Crippen LogP) is 0.652. The largest absolute Gasteiger partial charge is 0 e. The van der Waals surface area contributed by atoms with Gasteiger partial charge in [0, 0.05) is 34.1 Å². The van der Waals surface area contributed by atoms with E-state index in [-0.39, 0.29) is 34.1 Å². The average molecular weight is 374 g/mol. The molecular formula is C11H4Mn2O8. The van der Waals surface area contributed by atoms with Gasteiger partial charge >= 0.3 is 90.4 Å². The summed E-state index contributed by atoms with van der Waals surface area (Å²) >= 11 is 0. The maximum atomic E-state index is 7.50. The molecule has 10 heteroatoms. The molecule has 110 valence electrons. The van der Waals surface area contributed by atoms with E-state index in [0.29, 0.717) is 0 Å². The Hall–Kier alpha value is -1.52. The van der Waals surface area contributed by atoms with E-state index in [9.17, 15) is 0 Å². The molecule has 0 rings (SSSR count). The zero-order chi connectivity index (χ0) is 18.7. The number of hydrogen-bond donors (Lipinski definition) is 0. The molecule has 0 heterocycles. The van der Waals surface area contributed by atoms with Crippen LogP contribution in [0.5, 0.6) is 0 Å². The monoisotopic (exact) mass is 374 g/mol. The minimum absolute atomic E-state index is 0. The molecule has 8 nitrogen and oxygen atoms in total. The van der Waals surface area contributed by atoms with Gasteiger partial charge in [-0.1, -0.05) is 13.2 Å². The van der Waals surface area contributed by atoms with Gasteiger partial charge in [-0.2, -0.15) is 0 Å². The second-order valence-electron chi connectivity index (χ2n) is 0.250. The molecule has 0 saturated heterocycles. The van der Waals surface area contributed by atoms with Crippen LogP contribution >= 0.6 is 0 Å². The van der Waals surface area contributed by atoms with E-state index in [1.54, 1.807) is 0 Å². The molecule has 0 aromatic rings. The van der Waals surface area contributed by atoms with Gasteiger partial charge in [0.1, 0.15) is 0 Å². The standard InChI is InChI=1S/C3H4.8CO.2Mn/c1-3-2;8*1-2;;/h1-2H2;;;;;;;;;;. The first-order valence-corrected chi connectivity index (χ1v) is 2.34. The van der Waals surface area contributed by atoms with Crippen LogP contribution < -0.4 is 0 Å². The topological polar surface area (TPSA) is 159 Å². The van der Waals surface area contributed by atoms with Crippen LogP contribution in [0.3, 0.4) is 0 Å². The summed E-state index contributed by atoms with van der Waals surface area (Å²) in [5, 5.41) is 0. The third-order valence-corrected chi connectivity index (χ3v) is 0. The fourth-order valence-electron chi connectivity index (χ4n) is 0. The van der Waals surface area contributed by atoms with Gasteiger partial charge in [0.25, 0.3) is 0 Å². The Bertz CT molecular complexity index is 203. The normalized spacial score (nSPS) is 1.14. The van der Waals surface area contributed by atoms with Crippen molar-refractivity contribution in [3.05, 3.63) is 72.1 Å². The third kappa shape index (κ3) is 2170. The fourth-order valence-corrected chi connectivity index (χ4v) is 0. The molecule has 0 amide bonds. The van der Waals surface area contributed by atoms with Crippen molar-refractivity contribution in [3.8, 4) is 0 Å². The maximum Gasteiger partial charge on any atom is 0 e. The summed E-state index contributed by atoms with van der Waals surface area (Å²) in [5.74, 6) is 0. The molecule has 0 aromatic carbocycles. The minimum Gasteiger partial charge on any atom is 0 e. The van der Waals surface area contributed by atoms with Crippen LogP contribution in [0, 0.1) is 53.2 Å². The van der Waals surface area contributed by atoms with Gasteiger partial charge in [0.15, 0.2) is 0 Å².